The van der Waals surface area contributed by atoms with Crippen LogP contribution >= 0.6 is 0 Å². The molecule has 0 bridgehead atoms. The first kappa shape index (κ1) is 18.0. The van der Waals surface area contributed by atoms with Crippen molar-refractivity contribution >= 4 is 5.78 Å². The van der Waals surface area contributed by atoms with E-state index in [-0.39, 0.29) is 11.7 Å². The minimum Gasteiger partial charge on any atom is -0.493 e. The number of carbonyl (C=O) groups excluding carboxylic acids is 1. The second-order valence-corrected chi connectivity index (χ2v) is 6.05. The molecular formula is C20H25NO3. The van der Waals surface area contributed by atoms with Crippen molar-refractivity contribution in [3.8, 4) is 11.5 Å². The van der Waals surface area contributed by atoms with Crippen molar-refractivity contribution in [2.75, 3.05) is 34.9 Å². The van der Waals surface area contributed by atoms with E-state index in [1.54, 1.807) is 26.4 Å². The van der Waals surface area contributed by atoms with Gasteiger partial charge in [0.1, 0.15) is 0 Å². The van der Waals surface area contributed by atoms with E-state index in [4.69, 9.17) is 9.47 Å². The number of hydrogen-bond acceptors (Lipinski definition) is 4. The maximum atomic E-state index is 13.2. The summed E-state index contributed by atoms with van der Waals surface area (Å²) in [6, 6.07) is 15.5. The quantitative estimate of drug-likeness (QED) is 0.697. The van der Waals surface area contributed by atoms with Crippen molar-refractivity contribution in [3.05, 3.63) is 59.7 Å². The Kier molecular flexibility index (Phi) is 6.38. The second-order valence-electron chi connectivity index (χ2n) is 6.05. The van der Waals surface area contributed by atoms with E-state index in [1.807, 2.05) is 43.3 Å². The van der Waals surface area contributed by atoms with E-state index >= 15 is 0 Å². The number of rotatable bonds is 8. The molecule has 0 aliphatic heterocycles. The Morgan fingerprint density at radius 2 is 1.71 bits per heavy atom. The SMILES string of the molecule is COc1cccc(C(=O)C(Cc2ccccc2)CN(C)C)c1OC. The number of Topliss-reactive ketones (excluding diaryl/α,β-unsaturated/α-hetero) is 1. The van der Waals surface area contributed by atoms with Crippen LogP contribution in [0.2, 0.25) is 0 Å². The van der Waals surface area contributed by atoms with Gasteiger partial charge in [-0.2, -0.15) is 0 Å². The summed E-state index contributed by atoms with van der Waals surface area (Å²) >= 11 is 0. The zero-order valence-electron chi connectivity index (χ0n) is 14.8. The molecule has 0 fully saturated rings. The Labute approximate surface area is 144 Å². The molecule has 2 rings (SSSR count). The zero-order chi connectivity index (χ0) is 17.5. The Bertz CT molecular complexity index is 668. The van der Waals surface area contributed by atoms with Crippen LogP contribution in [0.5, 0.6) is 11.5 Å². The molecule has 0 aromatic heterocycles. The van der Waals surface area contributed by atoms with Gasteiger partial charge in [0.25, 0.3) is 0 Å². The van der Waals surface area contributed by atoms with E-state index in [9.17, 15) is 4.79 Å². The van der Waals surface area contributed by atoms with Crippen LogP contribution in [-0.2, 0) is 6.42 Å². The summed E-state index contributed by atoms with van der Waals surface area (Å²) in [7, 11) is 7.10. The molecule has 0 amide bonds. The molecule has 1 unspecified atom stereocenters. The monoisotopic (exact) mass is 327 g/mol. The topological polar surface area (TPSA) is 38.8 Å². The molecule has 0 spiro atoms. The second kappa shape index (κ2) is 8.50. The minimum absolute atomic E-state index is 0.0725. The van der Waals surface area contributed by atoms with Gasteiger partial charge in [-0.3, -0.25) is 4.79 Å². The molecule has 0 aliphatic carbocycles. The van der Waals surface area contributed by atoms with Crippen LogP contribution in [0.15, 0.2) is 48.5 Å². The largest absolute Gasteiger partial charge is 0.493 e. The van der Waals surface area contributed by atoms with Crippen LogP contribution in [0, 0.1) is 5.92 Å². The van der Waals surface area contributed by atoms with Crippen LogP contribution < -0.4 is 9.47 Å². The van der Waals surface area contributed by atoms with Crippen molar-refractivity contribution in [1.29, 1.82) is 0 Å². The van der Waals surface area contributed by atoms with Gasteiger partial charge in [-0.05, 0) is 38.2 Å². The molecule has 128 valence electrons. The standard InChI is InChI=1S/C20H25NO3/c1-21(2)14-16(13-15-9-6-5-7-10-15)19(22)17-11-8-12-18(23-3)20(17)24-4/h5-12,16H,13-14H2,1-4H3. The lowest BCUT2D eigenvalue weighted by Gasteiger charge is -2.21. The fourth-order valence-corrected chi connectivity index (χ4v) is 2.88. The molecule has 4 nitrogen and oxygen atoms in total. The normalized spacial score (nSPS) is 12.0. The molecular weight excluding hydrogens is 302 g/mol. The number of nitrogens with zero attached hydrogens (tertiary/aromatic N) is 1. The van der Waals surface area contributed by atoms with Crippen LogP contribution in [0.4, 0.5) is 0 Å². The summed E-state index contributed by atoms with van der Waals surface area (Å²) in [5.74, 6) is 1.00. The summed E-state index contributed by atoms with van der Waals surface area (Å²) in [4.78, 5) is 15.2. The van der Waals surface area contributed by atoms with Gasteiger partial charge in [-0.25, -0.2) is 0 Å². The van der Waals surface area contributed by atoms with Gasteiger partial charge >= 0.3 is 0 Å². The first-order valence-electron chi connectivity index (χ1n) is 8.00. The predicted molar refractivity (Wildman–Crippen MR) is 96.1 cm³/mol. The van der Waals surface area contributed by atoms with E-state index in [0.29, 0.717) is 30.0 Å². The first-order valence-corrected chi connectivity index (χ1v) is 8.00. The summed E-state index contributed by atoms with van der Waals surface area (Å²) in [5, 5.41) is 0. The van der Waals surface area contributed by atoms with Crippen molar-refractivity contribution < 1.29 is 14.3 Å². The van der Waals surface area contributed by atoms with Gasteiger partial charge in [0.15, 0.2) is 17.3 Å². The van der Waals surface area contributed by atoms with Gasteiger partial charge in [-0.15, -0.1) is 0 Å². The Morgan fingerprint density at radius 3 is 2.29 bits per heavy atom. The average Bonchev–Trinajstić information content (AvgIpc) is 2.60. The van der Waals surface area contributed by atoms with Crippen molar-refractivity contribution in [3.63, 3.8) is 0 Å². The number of benzene rings is 2. The number of para-hydroxylation sites is 1. The molecule has 24 heavy (non-hydrogen) atoms. The maximum absolute atomic E-state index is 13.2. The molecule has 0 saturated heterocycles. The number of ketones is 1. The molecule has 1 atom stereocenters. The van der Waals surface area contributed by atoms with Crippen molar-refractivity contribution in [2.45, 2.75) is 6.42 Å². The highest BCUT2D eigenvalue weighted by molar-refractivity contribution is 6.01. The fourth-order valence-electron chi connectivity index (χ4n) is 2.88. The van der Waals surface area contributed by atoms with Crippen molar-refractivity contribution in [2.24, 2.45) is 5.92 Å². The number of methoxy groups -OCH3 is 2. The maximum Gasteiger partial charge on any atom is 0.171 e. The lowest BCUT2D eigenvalue weighted by atomic mass is 9.90. The number of ether oxygens (including phenoxy) is 2. The summed E-state index contributed by atoms with van der Waals surface area (Å²) in [6.07, 6.45) is 0.693. The summed E-state index contributed by atoms with van der Waals surface area (Å²) in [5.41, 5.74) is 1.72. The third-order valence-corrected chi connectivity index (χ3v) is 3.95. The van der Waals surface area contributed by atoms with Gasteiger partial charge < -0.3 is 14.4 Å². The highest BCUT2D eigenvalue weighted by Crippen LogP contribution is 2.32. The van der Waals surface area contributed by atoms with Gasteiger partial charge in [0.2, 0.25) is 0 Å². The molecule has 0 heterocycles. The molecule has 0 radical (unpaired) electrons. The lowest BCUT2D eigenvalue weighted by molar-refractivity contribution is 0.0893. The first-order chi connectivity index (χ1) is 11.6. The molecule has 2 aromatic carbocycles. The van der Waals surface area contributed by atoms with Gasteiger partial charge in [0, 0.05) is 12.5 Å². The smallest absolute Gasteiger partial charge is 0.171 e. The Morgan fingerprint density at radius 1 is 1.00 bits per heavy atom. The average molecular weight is 327 g/mol. The third kappa shape index (κ3) is 4.36. The van der Waals surface area contributed by atoms with Gasteiger partial charge in [0.05, 0.1) is 19.8 Å². The van der Waals surface area contributed by atoms with E-state index in [1.165, 1.54) is 0 Å². The summed E-state index contributed by atoms with van der Waals surface area (Å²) < 4.78 is 10.8. The fraction of sp³-hybridized carbons (Fsp3) is 0.350. The van der Waals surface area contributed by atoms with Crippen molar-refractivity contribution in [1.82, 2.24) is 4.90 Å². The molecule has 0 N–H and O–H groups in total. The molecule has 2 aromatic rings. The van der Waals surface area contributed by atoms with Crippen LogP contribution in [0.25, 0.3) is 0 Å². The molecule has 4 heteroatoms. The zero-order valence-corrected chi connectivity index (χ0v) is 14.8. The van der Waals surface area contributed by atoms with E-state index < -0.39 is 0 Å². The summed E-state index contributed by atoms with van der Waals surface area (Å²) in [6.45, 7) is 0.675. The van der Waals surface area contributed by atoms with Crippen LogP contribution in [-0.4, -0.2) is 45.5 Å². The number of hydrogen-bond donors (Lipinski definition) is 0. The van der Waals surface area contributed by atoms with E-state index in [2.05, 4.69) is 12.1 Å². The highest BCUT2D eigenvalue weighted by Gasteiger charge is 2.25. The highest BCUT2D eigenvalue weighted by atomic mass is 16.5. The predicted octanol–water partition coefficient (Wildman–Crippen LogP) is 3.31. The Balaban J connectivity index is 2.34. The molecule has 0 saturated carbocycles. The number of carbonyl (C=O) groups is 1. The molecule has 0 aliphatic rings. The van der Waals surface area contributed by atoms with Gasteiger partial charge in [-0.1, -0.05) is 36.4 Å². The van der Waals surface area contributed by atoms with Crippen LogP contribution in [0.1, 0.15) is 15.9 Å². The Hall–Kier alpha value is -2.33. The minimum atomic E-state index is -0.150. The van der Waals surface area contributed by atoms with Crippen LogP contribution in [0.3, 0.4) is 0 Å². The van der Waals surface area contributed by atoms with E-state index in [0.717, 1.165) is 5.56 Å². The lowest BCUT2D eigenvalue weighted by Crippen LogP contribution is -2.30. The third-order valence-electron chi connectivity index (χ3n) is 3.95.